The third-order valence-corrected chi connectivity index (χ3v) is 2.08. The average Bonchev–Trinajstić information content (AvgIpc) is 2.53. The van der Waals surface area contributed by atoms with Gasteiger partial charge in [-0.15, -0.1) is 0 Å². The molecule has 0 N–H and O–H groups in total. The van der Waals surface area contributed by atoms with Crippen molar-refractivity contribution < 1.29 is 4.79 Å². The summed E-state index contributed by atoms with van der Waals surface area (Å²) < 4.78 is 0. The van der Waals surface area contributed by atoms with Crippen LogP contribution in [0.15, 0.2) is 24.3 Å². The van der Waals surface area contributed by atoms with Crippen molar-refractivity contribution in [3.63, 3.8) is 0 Å². The molecule has 1 saturated heterocycles. The molecule has 2 nitrogen and oxygen atoms in total. The molecule has 1 heterocycles. The van der Waals surface area contributed by atoms with Gasteiger partial charge in [0, 0.05) is 18.7 Å². The minimum absolute atomic E-state index is 0.231. The van der Waals surface area contributed by atoms with Crippen LogP contribution in [0.25, 0.3) is 0 Å². The molecule has 1 aromatic carbocycles. The Hall–Kier alpha value is -1.31. The average molecular weight is 160 g/mol. The molecule has 0 aliphatic carbocycles. The monoisotopic (exact) mass is 160 g/mol. The van der Waals surface area contributed by atoms with E-state index >= 15 is 0 Å². The van der Waals surface area contributed by atoms with Crippen LogP contribution in [0.3, 0.4) is 0 Å². The number of hydrogen-bond donors (Lipinski definition) is 0. The highest BCUT2D eigenvalue weighted by Gasteiger charge is 2.20. The van der Waals surface area contributed by atoms with E-state index in [9.17, 15) is 4.79 Å². The van der Waals surface area contributed by atoms with E-state index in [4.69, 9.17) is 0 Å². The molecule has 12 heavy (non-hydrogen) atoms. The summed E-state index contributed by atoms with van der Waals surface area (Å²) in [4.78, 5) is 13.1. The maximum atomic E-state index is 11.3. The summed E-state index contributed by atoms with van der Waals surface area (Å²) in [5.74, 6) is 0.231. The van der Waals surface area contributed by atoms with Crippen molar-refractivity contribution in [2.75, 3.05) is 11.4 Å². The highest BCUT2D eigenvalue weighted by Crippen LogP contribution is 2.19. The zero-order chi connectivity index (χ0) is 8.39. The molecule has 0 spiro atoms. The fourth-order valence-corrected chi connectivity index (χ4v) is 1.47. The van der Waals surface area contributed by atoms with Crippen molar-refractivity contribution in [2.45, 2.75) is 12.8 Å². The summed E-state index contributed by atoms with van der Waals surface area (Å²) in [6.45, 7) is 0.858. The molecule has 0 unspecified atom stereocenters. The Kier molecular flexibility index (Phi) is 1.82. The minimum Gasteiger partial charge on any atom is -0.312 e. The lowest BCUT2D eigenvalue weighted by atomic mass is 10.3. The van der Waals surface area contributed by atoms with Gasteiger partial charge in [0.25, 0.3) is 0 Å². The maximum Gasteiger partial charge on any atom is 0.227 e. The quantitative estimate of drug-likeness (QED) is 0.611. The first kappa shape index (κ1) is 7.35. The van der Waals surface area contributed by atoms with Crippen molar-refractivity contribution in [3.8, 4) is 0 Å². The molecule has 2 rings (SSSR count). The molecule has 0 bridgehead atoms. The van der Waals surface area contributed by atoms with Gasteiger partial charge in [-0.3, -0.25) is 4.79 Å². The lowest BCUT2D eigenvalue weighted by molar-refractivity contribution is -0.117. The molecule has 2 heteroatoms. The fourth-order valence-electron chi connectivity index (χ4n) is 1.47. The summed E-state index contributed by atoms with van der Waals surface area (Å²) in [6.07, 6.45) is 1.67. The van der Waals surface area contributed by atoms with Gasteiger partial charge in [0.2, 0.25) is 5.91 Å². The highest BCUT2D eigenvalue weighted by molar-refractivity contribution is 5.95. The van der Waals surface area contributed by atoms with Crippen LogP contribution in [-0.2, 0) is 4.79 Å². The first-order chi connectivity index (χ1) is 5.88. The largest absolute Gasteiger partial charge is 0.312 e. The second-order valence-electron chi connectivity index (χ2n) is 2.91. The van der Waals surface area contributed by atoms with Gasteiger partial charge in [0.1, 0.15) is 0 Å². The van der Waals surface area contributed by atoms with E-state index in [0.717, 1.165) is 18.7 Å². The van der Waals surface area contributed by atoms with Gasteiger partial charge in [-0.2, -0.15) is 0 Å². The lowest BCUT2D eigenvalue weighted by Crippen LogP contribution is -2.23. The Labute approximate surface area is 71.8 Å². The normalized spacial score (nSPS) is 17.0. The van der Waals surface area contributed by atoms with Gasteiger partial charge in [-0.05, 0) is 24.6 Å². The third-order valence-electron chi connectivity index (χ3n) is 2.08. The summed E-state index contributed by atoms with van der Waals surface area (Å²) >= 11 is 0. The SMILES string of the molecule is O=C1CCCN1c1c[c]ccc1. The van der Waals surface area contributed by atoms with Crippen LogP contribution >= 0.6 is 0 Å². The Morgan fingerprint density at radius 2 is 2.42 bits per heavy atom. The molecule has 61 valence electrons. The smallest absolute Gasteiger partial charge is 0.227 e. The van der Waals surface area contributed by atoms with Crippen molar-refractivity contribution >= 4 is 11.6 Å². The van der Waals surface area contributed by atoms with Crippen molar-refractivity contribution in [2.24, 2.45) is 0 Å². The summed E-state index contributed by atoms with van der Waals surface area (Å²) in [5, 5.41) is 0. The van der Waals surface area contributed by atoms with Crippen LogP contribution in [0.2, 0.25) is 0 Å². The first-order valence-electron chi connectivity index (χ1n) is 4.14. The van der Waals surface area contributed by atoms with Crippen molar-refractivity contribution in [1.82, 2.24) is 0 Å². The molecule has 0 atom stereocenters. The number of amides is 1. The Bertz CT molecular complexity index is 281. The third kappa shape index (κ3) is 1.20. The Morgan fingerprint density at radius 3 is 3.00 bits per heavy atom. The maximum absolute atomic E-state index is 11.3. The molecule has 1 aromatic rings. The van der Waals surface area contributed by atoms with Gasteiger partial charge in [-0.1, -0.05) is 12.1 Å². The highest BCUT2D eigenvalue weighted by atomic mass is 16.2. The molecular formula is C10H10NO. The van der Waals surface area contributed by atoms with Gasteiger partial charge in [0.15, 0.2) is 0 Å². The van der Waals surface area contributed by atoms with E-state index in [1.807, 2.05) is 29.2 Å². The number of rotatable bonds is 1. The lowest BCUT2D eigenvalue weighted by Gasteiger charge is -2.14. The number of anilines is 1. The van der Waals surface area contributed by atoms with Crippen molar-refractivity contribution in [1.29, 1.82) is 0 Å². The minimum atomic E-state index is 0.231. The molecule has 1 aliphatic heterocycles. The number of carbonyl (C=O) groups is 1. The second kappa shape index (κ2) is 2.97. The predicted molar refractivity (Wildman–Crippen MR) is 46.9 cm³/mol. The molecule has 0 saturated carbocycles. The molecule has 1 radical (unpaired) electrons. The fraction of sp³-hybridized carbons (Fsp3) is 0.300. The van der Waals surface area contributed by atoms with E-state index in [-0.39, 0.29) is 5.91 Å². The van der Waals surface area contributed by atoms with Crippen LogP contribution in [-0.4, -0.2) is 12.5 Å². The zero-order valence-corrected chi connectivity index (χ0v) is 6.79. The molecule has 1 aliphatic rings. The second-order valence-corrected chi connectivity index (χ2v) is 2.91. The van der Waals surface area contributed by atoms with E-state index in [2.05, 4.69) is 6.07 Å². The zero-order valence-electron chi connectivity index (χ0n) is 6.79. The number of benzene rings is 1. The summed E-state index contributed by atoms with van der Waals surface area (Å²) in [5.41, 5.74) is 0.972. The first-order valence-corrected chi connectivity index (χ1v) is 4.14. The van der Waals surface area contributed by atoms with E-state index in [1.54, 1.807) is 0 Å². The topological polar surface area (TPSA) is 20.3 Å². The molecular weight excluding hydrogens is 150 g/mol. The summed E-state index contributed by atoms with van der Waals surface area (Å²) in [7, 11) is 0. The number of nitrogens with zero attached hydrogens (tertiary/aromatic N) is 1. The summed E-state index contributed by atoms with van der Waals surface area (Å²) in [6, 6.07) is 10.5. The molecule has 1 amide bonds. The number of hydrogen-bond acceptors (Lipinski definition) is 1. The van der Waals surface area contributed by atoms with Crippen LogP contribution in [0, 0.1) is 6.07 Å². The van der Waals surface area contributed by atoms with Crippen LogP contribution < -0.4 is 4.90 Å². The number of carbonyl (C=O) groups excluding carboxylic acids is 1. The van der Waals surface area contributed by atoms with Crippen LogP contribution in [0.1, 0.15) is 12.8 Å². The van der Waals surface area contributed by atoms with Crippen LogP contribution in [0.5, 0.6) is 0 Å². The van der Waals surface area contributed by atoms with Gasteiger partial charge in [-0.25, -0.2) is 0 Å². The Morgan fingerprint density at radius 1 is 1.50 bits per heavy atom. The molecule has 1 fully saturated rings. The predicted octanol–water partition coefficient (Wildman–Crippen LogP) is 1.61. The van der Waals surface area contributed by atoms with Crippen molar-refractivity contribution in [3.05, 3.63) is 30.3 Å². The van der Waals surface area contributed by atoms with E-state index in [0.29, 0.717) is 6.42 Å². The van der Waals surface area contributed by atoms with E-state index in [1.165, 1.54) is 0 Å². The standard InChI is InChI=1S/C10H10NO/c12-10-7-4-8-11(10)9-5-2-1-3-6-9/h1-2,5-6H,4,7-8H2. The Balaban J connectivity index is 2.25. The van der Waals surface area contributed by atoms with Gasteiger partial charge < -0.3 is 4.90 Å². The van der Waals surface area contributed by atoms with E-state index < -0.39 is 0 Å². The van der Waals surface area contributed by atoms with Gasteiger partial charge in [0.05, 0.1) is 0 Å². The molecule has 0 aromatic heterocycles. The van der Waals surface area contributed by atoms with Crippen LogP contribution in [0.4, 0.5) is 5.69 Å². The van der Waals surface area contributed by atoms with Gasteiger partial charge >= 0.3 is 0 Å².